The Morgan fingerprint density at radius 3 is 2.86 bits per heavy atom. The number of carbonyl (C=O) groups is 1. The van der Waals surface area contributed by atoms with Crippen LogP contribution in [0.5, 0.6) is 0 Å². The molecule has 0 N–H and O–H groups in total. The Balaban J connectivity index is 1.73. The lowest BCUT2D eigenvalue weighted by molar-refractivity contribution is -0.121. The molecule has 0 spiro atoms. The summed E-state index contributed by atoms with van der Waals surface area (Å²) in [5.41, 5.74) is 0. The Hall–Kier alpha value is -0.740. The van der Waals surface area contributed by atoms with Gasteiger partial charge in [-0.2, -0.15) is 0 Å². The molecule has 1 aliphatic heterocycles. The average molecular weight is 210 g/mol. The van der Waals surface area contributed by atoms with Crippen LogP contribution in [0.2, 0.25) is 0 Å². The van der Waals surface area contributed by atoms with E-state index in [1.165, 1.54) is 5.01 Å². The smallest absolute Gasteiger partial charge is 0.135 e. The van der Waals surface area contributed by atoms with Crippen molar-refractivity contribution in [3.05, 3.63) is 16.6 Å². The molecule has 1 saturated heterocycles. The van der Waals surface area contributed by atoms with Crippen molar-refractivity contribution >= 4 is 17.1 Å². The molecule has 1 aromatic heterocycles. The average Bonchev–Trinajstić information content (AvgIpc) is 2.70. The molecular formula is C10H14N2OS. The number of rotatable bonds is 3. The Morgan fingerprint density at radius 2 is 2.21 bits per heavy atom. The Labute approximate surface area is 87.8 Å². The van der Waals surface area contributed by atoms with Gasteiger partial charge in [0.25, 0.3) is 0 Å². The number of carbonyl (C=O) groups excluding carboxylic acids is 1. The lowest BCUT2D eigenvalue weighted by atomic mass is 10.1. The summed E-state index contributed by atoms with van der Waals surface area (Å²) in [6.45, 7) is 2.91. The van der Waals surface area contributed by atoms with E-state index in [0.29, 0.717) is 5.78 Å². The van der Waals surface area contributed by atoms with E-state index in [2.05, 4.69) is 9.88 Å². The molecule has 0 bridgehead atoms. The molecule has 0 atom stereocenters. The molecular weight excluding hydrogens is 196 g/mol. The topological polar surface area (TPSA) is 33.2 Å². The molecule has 0 unspecified atom stereocenters. The molecule has 0 saturated carbocycles. The van der Waals surface area contributed by atoms with Crippen molar-refractivity contribution in [1.29, 1.82) is 0 Å². The minimum absolute atomic E-state index is 0.412. The fourth-order valence-electron chi connectivity index (χ4n) is 1.66. The van der Waals surface area contributed by atoms with Crippen molar-refractivity contribution in [2.45, 2.75) is 19.3 Å². The van der Waals surface area contributed by atoms with Crippen LogP contribution in [0.1, 0.15) is 17.8 Å². The van der Waals surface area contributed by atoms with Crippen molar-refractivity contribution < 1.29 is 4.79 Å². The van der Waals surface area contributed by atoms with E-state index in [9.17, 15) is 4.79 Å². The number of likely N-dealkylation sites (tertiary alicyclic amines) is 1. The van der Waals surface area contributed by atoms with Crippen molar-refractivity contribution in [3.8, 4) is 0 Å². The third-order valence-corrected chi connectivity index (χ3v) is 3.38. The van der Waals surface area contributed by atoms with Crippen molar-refractivity contribution in [3.63, 3.8) is 0 Å². The van der Waals surface area contributed by atoms with Crippen molar-refractivity contribution in [1.82, 2.24) is 9.88 Å². The van der Waals surface area contributed by atoms with E-state index in [1.54, 1.807) is 11.3 Å². The van der Waals surface area contributed by atoms with Crippen LogP contribution in [-0.2, 0) is 11.2 Å². The highest BCUT2D eigenvalue weighted by atomic mass is 32.1. The summed E-state index contributed by atoms with van der Waals surface area (Å²) in [5.74, 6) is 0.412. The van der Waals surface area contributed by atoms with Crippen LogP contribution in [0.15, 0.2) is 11.6 Å². The lowest BCUT2D eigenvalue weighted by Crippen LogP contribution is -2.35. The second kappa shape index (κ2) is 4.66. The fraction of sp³-hybridized carbons (Fsp3) is 0.600. The van der Waals surface area contributed by atoms with Gasteiger partial charge < -0.3 is 4.90 Å². The molecule has 0 amide bonds. The predicted molar refractivity (Wildman–Crippen MR) is 56.5 cm³/mol. The van der Waals surface area contributed by atoms with Gasteiger partial charge in [0.2, 0.25) is 0 Å². The van der Waals surface area contributed by atoms with Gasteiger partial charge in [-0.3, -0.25) is 4.79 Å². The van der Waals surface area contributed by atoms with E-state index < -0.39 is 0 Å². The Kier molecular flexibility index (Phi) is 3.26. The summed E-state index contributed by atoms with van der Waals surface area (Å²) in [5, 5.41) is 3.21. The van der Waals surface area contributed by atoms with Crippen LogP contribution in [0.25, 0.3) is 0 Å². The van der Waals surface area contributed by atoms with E-state index in [1.807, 2.05) is 11.6 Å². The van der Waals surface area contributed by atoms with Gasteiger partial charge in [0, 0.05) is 50.5 Å². The fourth-order valence-corrected chi connectivity index (χ4v) is 2.27. The molecule has 76 valence electrons. The molecule has 0 radical (unpaired) electrons. The maximum Gasteiger partial charge on any atom is 0.135 e. The SMILES string of the molecule is O=C1CCN(CCc2nccs2)CC1. The van der Waals surface area contributed by atoms with E-state index in [0.717, 1.165) is 38.9 Å². The maximum atomic E-state index is 11.0. The number of thiazole rings is 1. The second-order valence-electron chi connectivity index (χ2n) is 3.56. The van der Waals surface area contributed by atoms with Gasteiger partial charge in [-0.25, -0.2) is 4.98 Å². The predicted octanol–water partition coefficient (Wildman–Crippen LogP) is 1.35. The molecule has 14 heavy (non-hydrogen) atoms. The van der Waals surface area contributed by atoms with Crippen LogP contribution in [0, 0.1) is 0 Å². The summed E-state index contributed by atoms with van der Waals surface area (Å²) in [6, 6.07) is 0. The Morgan fingerprint density at radius 1 is 1.43 bits per heavy atom. The van der Waals surface area contributed by atoms with Gasteiger partial charge in [-0.15, -0.1) is 11.3 Å². The Bertz CT molecular complexity index is 287. The number of hydrogen-bond donors (Lipinski definition) is 0. The van der Waals surface area contributed by atoms with Gasteiger partial charge in [-0.05, 0) is 0 Å². The third kappa shape index (κ3) is 2.62. The summed E-state index contributed by atoms with van der Waals surface area (Å²) >= 11 is 1.71. The van der Waals surface area contributed by atoms with Crippen molar-refractivity contribution in [2.24, 2.45) is 0 Å². The van der Waals surface area contributed by atoms with E-state index in [-0.39, 0.29) is 0 Å². The van der Waals surface area contributed by atoms with E-state index in [4.69, 9.17) is 0 Å². The molecule has 3 nitrogen and oxygen atoms in total. The first kappa shape index (κ1) is 9.80. The largest absolute Gasteiger partial charge is 0.302 e. The van der Waals surface area contributed by atoms with E-state index >= 15 is 0 Å². The zero-order valence-electron chi connectivity index (χ0n) is 8.11. The summed E-state index contributed by atoms with van der Waals surface area (Å²) in [6.07, 6.45) is 4.33. The van der Waals surface area contributed by atoms with Crippen LogP contribution in [-0.4, -0.2) is 35.3 Å². The minimum Gasteiger partial charge on any atom is -0.302 e. The number of piperidine rings is 1. The number of ketones is 1. The maximum absolute atomic E-state index is 11.0. The molecule has 1 fully saturated rings. The lowest BCUT2D eigenvalue weighted by Gasteiger charge is -2.25. The summed E-state index contributed by atoms with van der Waals surface area (Å²) in [7, 11) is 0. The zero-order chi connectivity index (χ0) is 9.80. The third-order valence-electron chi connectivity index (χ3n) is 2.54. The zero-order valence-corrected chi connectivity index (χ0v) is 8.92. The highest BCUT2D eigenvalue weighted by Crippen LogP contribution is 2.09. The summed E-state index contributed by atoms with van der Waals surface area (Å²) < 4.78 is 0. The van der Waals surface area contributed by atoms with Gasteiger partial charge >= 0.3 is 0 Å². The first-order valence-electron chi connectivity index (χ1n) is 4.97. The molecule has 0 aliphatic carbocycles. The number of aromatic nitrogens is 1. The highest BCUT2D eigenvalue weighted by Gasteiger charge is 2.15. The molecule has 0 aromatic carbocycles. The molecule has 1 aliphatic rings. The van der Waals surface area contributed by atoms with Gasteiger partial charge in [0.05, 0.1) is 5.01 Å². The minimum atomic E-state index is 0.412. The van der Waals surface area contributed by atoms with Crippen molar-refractivity contribution in [2.75, 3.05) is 19.6 Å². The first-order chi connectivity index (χ1) is 6.84. The van der Waals surface area contributed by atoms with Gasteiger partial charge in [0.1, 0.15) is 5.78 Å². The van der Waals surface area contributed by atoms with Gasteiger partial charge in [-0.1, -0.05) is 0 Å². The van der Waals surface area contributed by atoms with Crippen LogP contribution >= 0.6 is 11.3 Å². The van der Waals surface area contributed by atoms with Crippen LogP contribution in [0.3, 0.4) is 0 Å². The molecule has 1 aromatic rings. The molecule has 2 rings (SSSR count). The second-order valence-corrected chi connectivity index (χ2v) is 4.54. The monoisotopic (exact) mass is 210 g/mol. The quantitative estimate of drug-likeness (QED) is 0.755. The number of nitrogens with zero attached hydrogens (tertiary/aromatic N) is 2. The van der Waals surface area contributed by atoms with Crippen LogP contribution in [0.4, 0.5) is 0 Å². The number of Topliss-reactive ketones (excluding diaryl/α,β-unsaturated/α-hetero) is 1. The highest BCUT2D eigenvalue weighted by molar-refractivity contribution is 7.09. The normalized spacial score (nSPS) is 18.7. The van der Waals surface area contributed by atoms with Crippen LogP contribution < -0.4 is 0 Å². The molecule has 2 heterocycles. The molecule has 4 heteroatoms. The standard InChI is InChI=1S/C10H14N2OS/c13-9-1-5-12(6-2-9)7-3-10-11-4-8-14-10/h4,8H,1-3,5-7H2. The number of hydrogen-bond acceptors (Lipinski definition) is 4. The summed E-state index contributed by atoms with van der Waals surface area (Å²) in [4.78, 5) is 17.6. The van der Waals surface area contributed by atoms with Gasteiger partial charge in [0.15, 0.2) is 0 Å². The first-order valence-corrected chi connectivity index (χ1v) is 5.85.